The molecular weight excluding hydrogens is 274 g/mol. The summed E-state index contributed by atoms with van der Waals surface area (Å²) < 4.78 is 26.8. The Labute approximate surface area is 122 Å². The number of anilines is 1. The Morgan fingerprint density at radius 3 is 2.30 bits per heavy atom. The van der Waals surface area contributed by atoms with Crippen molar-refractivity contribution in [1.82, 2.24) is 4.72 Å². The van der Waals surface area contributed by atoms with Crippen molar-refractivity contribution in [3.8, 4) is 0 Å². The molecule has 0 atom stereocenters. The quantitative estimate of drug-likeness (QED) is 0.684. The highest BCUT2D eigenvalue weighted by molar-refractivity contribution is 7.89. The number of para-hydroxylation sites is 1. The lowest BCUT2D eigenvalue weighted by molar-refractivity contribution is 0.418. The molecule has 0 spiro atoms. The second-order valence-corrected chi connectivity index (χ2v) is 6.66. The van der Waals surface area contributed by atoms with Crippen LogP contribution in [0.25, 0.3) is 0 Å². The van der Waals surface area contributed by atoms with Gasteiger partial charge in [-0.15, -0.1) is 0 Å². The molecule has 0 radical (unpaired) electrons. The van der Waals surface area contributed by atoms with Crippen LogP contribution in [0.5, 0.6) is 0 Å². The van der Waals surface area contributed by atoms with Crippen molar-refractivity contribution in [2.45, 2.75) is 44.0 Å². The maximum Gasteiger partial charge on any atom is 0.242 e. The molecule has 1 aromatic carbocycles. The smallest absolute Gasteiger partial charge is 0.242 e. The molecule has 114 valence electrons. The van der Waals surface area contributed by atoms with Crippen LogP contribution in [0.1, 0.15) is 33.6 Å². The van der Waals surface area contributed by atoms with E-state index in [1.807, 2.05) is 19.9 Å². The van der Waals surface area contributed by atoms with Gasteiger partial charge in [-0.05, 0) is 25.0 Å². The van der Waals surface area contributed by atoms with Crippen molar-refractivity contribution in [2.24, 2.45) is 5.73 Å². The molecule has 0 amide bonds. The summed E-state index contributed by atoms with van der Waals surface area (Å²) in [6.07, 6.45) is 1.66. The van der Waals surface area contributed by atoms with Gasteiger partial charge < -0.3 is 11.1 Å². The van der Waals surface area contributed by atoms with Gasteiger partial charge >= 0.3 is 0 Å². The SMILES string of the molecule is CCNS(=O)(=O)c1ccccc1NCC(N)(CC)CC. The van der Waals surface area contributed by atoms with Crippen molar-refractivity contribution in [3.05, 3.63) is 24.3 Å². The lowest BCUT2D eigenvalue weighted by Gasteiger charge is -2.28. The lowest BCUT2D eigenvalue weighted by atomic mass is 9.94. The van der Waals surface area contributed by atoms with Crippen LogP contribution in [0.3, 0.4) is 0 Å². The molecule has 5 nitrogen and oxygen atoms in total. The van der Waals surface area contributed by atoms with E-state index in [1.165, 1.54) is 0 Å². The summed E-state index contributed by atoms with van der Waals surface area (Å²) in [5.41, 5.74) is 6.50. The molecule has 6 heteroatoms. The van der Waals surface area contributed by atoms with Crippen molar-refractivity contribution in [3.63, 3.8) is 0 Å². The number of hydrogen-bond acceptors (Lipinski definition) is 4. The Balaban J connectivity index is 2.98. The van der Waals surface area contributed by atoms with Crippen LogP contribution in [0, 0.1) is 0 Å². The third-order valence-electron chi connectivity index (χ3n) is 3.55. The Morgan fingerprint density at radius 2 is 1.75 bits per heavy atom. The predicted molar refractivity (Wildman–Crippen MR) is 83.3 cm³/mol. The standard InChI is InChI=1S/C14H25N3O2S/c1-4-14(15,5-2)11-16-12-9-7-8-10-13(12)20(18,19)17-6-3/h7-10,16-17H,4-6,11,15H2,1-3H3. The van der Waals surface area contributed by atoms with E-state index in [9.17, 15) is 8.42 Å². The third-order valence-corrected chi connectivity index (χ3v) is 5.15. The van der Waals surface area contributed by atoms with Crippen LogP contribution < -0.4 is 15.8 Å². The molecule has 0 bridgehead atoms. The van der Waals surface area contributed by atoms with E-state index in [4.69, 9.17) is 5.73 Å². The average Bonchev–Trinajstić information content (AvgIpc) is 2.45. The first-order valence-electron chi connectivity index (χ1n) is 7.00. The number of benzene rings is 1. The summed E-state index contributed by atoms with van der Waals surface area (Å²) in [4.78, 5) is 0.261. The fraction of sp³-hybridized carbons (Fsp3) is 0.571. The minimum atomic E-state index is -3.48. The first kappa shape index (κ1) is 16.9. The van der Waals surface area contributed by atoms with Gasteiger partial charge in [0.1, 0.15) is 4.90 Å². The monoisotopic (exact) mass is 299 g/mol. The molecule has 4 N–H and O–H groups in total. The van der Waals surface area contributed by atoms with Crippen LogP contribution in [-0.2, 0) is 10.0 Å². The van der Waals surface area contributed by atoms with Crippen LogP contribution in [0.2, 0.25) is 0 Å². The second-order valence-electron chi connectivity index (χ2n) is 4.92. The zero-order valence-electron chi connectivity index (χ0n) is 12.4. The molecule has 0 heterocycles. The number of nitrogens with one attached hydrogen (secondary N) is 2. The number of rotatable bonds is 8. The zero-order valence-corrected chi connectivity index (χ0v) is 13.3. The molecular formula is C14H25N3O2S. The van der Waals surface area contributed by atoms with Gasteiger partial charge in [0.25, 0.3) is 0 Å². The maximum atomic E-state index is 12.1. The van der Waals surface area contributed by atoms with Crippen molar-refractivity contribution in [1.29, 1.82) is 0 Å². The highest BCUT2D eigenvalue weighted by Crippen LogP contribution is 2.22. The van der Waals surface area contributed by atoms with Crippen molar-refractivity contribution < 1.29 is 8.42 Å². The Hall–Kier alpha value is -1.11. The predicted octanol–water partition coefficient (Wildman–Crippen LogP) is 1.91. The molecule has 0 aliphatic rings. The number of nitrogens with two attached hydrogens (primary N) is 1. The fourth-order valence-corrected chi connectivity index (χ4v) is 3.11. The zero-order chi connectivity index (χ0) is 15.2. The Bertz CT molecular complexity index is 525. The van der Waals surface area contributed by atoms with E-state index in [0.717, 1.165) is 12.8 Å². The van der Waals surface area contributed by atoms with Crippen LogP contribution >= 0.6 is 0 Å². The summed E-state index contributed by atoms with van der Waals surface area (Å²) in [7, 11) is -3.48. The maximum absolute atomic E-state index is 12.1. The summed E-state index contributed by atoms with van der Waals surface area (Å²) >= 11 is 0. The normalized spacial score (nSPS) is 12.4. The van der Waals surface area contributed by atoms with Crippen LogP contribution in [0.4, 0.5) is 5.69 Å². The molecule has 0 fully saturated rings. The summed E-state index contributed by atoms with van der Waals surface area (Å²) in [5, 5.41) is 3.18. The summed E-state index contributed by atoms with van der Waals surface area (Å²) in [6.45, 7) is 6.73. The summed E-state index contributed by atoms with van der Waals surface area (Å²) in [5.74, 6) is 0. The van der Waals surface area contributed by atoms with Gasteiger partial charge in [-0.25, -0.2) is 13.1 Å². The van der Waals surface area contributed by atoms with Crippen molar-refractivity contribution >= 4 is 15.7 Å². The second kappa shape index (κ2) is 7.06. The molecule has 0 aliphatic carbocycles. The van der Waals surface area contributed by atoms with E-state index in [1.54, 1.807) is 25.1 Å². The highest BCUT2D eigenvalue weighted by atomic mass is 32.2. The lowest BCUT2D eigenvalue weighted by Crippen LogP contribution is -2.45. The number of hydrogen-bond donors (Lipinski definition) is 3. The Kier molecular flexibility index (Phi) is 5.98. The van der Waals surface area contributed by atoms with Crippen LogP contribution in [-0.4, -0.2) is 27.0 Å². The molecule has 0 aliphatic heterocycles. The molecule has 0 aromatic heterocycles. The van der Waals surface area contributed by atoms with Crippen molar-refractivity contribution in [2.75, 3.05) is 18.4 Å². The van der Waals surface area contributed by atoms with Gasteiger partial charge in [0.2, 0.25) is 10.0 Å². The molecule has 0 unspecified atom stereocenters. The Morgan fingerprint density at radius 1 is 1.15 bits per heavy atom. The van der Waals surface area contributed by atoms with Gasteiger partial charge in [0.05, 0.1) is 5.69 Å². The van der Waals surface area contributed by atoms with E-state index in [0.29, 0.717) is 18.8 Å². The van der Waals surface area contributed by atoms with Gasteiger partial charge in [-0.2, -0.15) is 0 Å². The molecule has 0 saturated carbocycles. The van der Waals surface area contributed by atoms with Gasteiger partial charge in [-0.1, -0.05) is 32.9 Å². The van der Waals surface area contributed by atoms with Gasteiger partial charge in [0, 0.05) is 18.6 Å². The fourth-order valence-electron chi connectivity index (χ4n) is 1.89. The van der Waals surface area contributed by atoms with Gasteiger partial charge in [-0.3, -0.25) is 0 Å². The molecule has 1 rings (SSSR count). The van der Waals surface area contributed by atoms with E-state index < -0.39 is 10.0 Å². The average molecular weight is 299 g/mol. The van der Waals surface area contributed by atoms with Crippen LogP contribution in [0.15, 0.2) is 29.2 Å². The van der Waals surface area contributed by atoms with E-state index in [-0.39, 0.29) is 10.4 Å². The number of sulfonamides is 1. The minimum Gasteiger partial charge on any atom is -0.382 e. The summed E-state index contributed by atoms with van der Waals surface area (Å²) in [6, 6.07) is 6.88. The first-order chi connectivity index (χ1) is 9.38. The molecule has 20 heavy (non-hydrogen) atoms. The minimum absolute atomic E-state index is 0.261. The first-order valence-corrected chi connectivity index (χ1v) is 8.48. The molecule has 1 aromatic rings. The topological polar surface area (TPSA) is 84.2 Å². The van der Waals surface area contributed by atoms with Gasteiger partial charge in [0.15, 0.2) is 0 Å². The molecule has 0 saturated heterocycles. The third kappa shape index (κ3) is 4.19. The van der Waals surface area contributed by atoms with E-state index >= 15 is 0 Å². The largest absolute Gasteiger partial charge is 0.382 e. The highest BCUT2D eigenvalue weighted by Gasteiger charge is 2.22. The van der Waals surface area contributed by atoms with E-state index in [2.05, 4.69) is 10.0 Å².